The molecule has 5 rings (SSSR count). The molecule has 2 aromatic heterocycles. The van der Waals surface area contributed by atoms with Crippen molar-refractivity contribution in [3.63, 3.8) is 0 Å². The number of nitrogens with zero attached hydrogens (tertiary/aromatic N) is 7. The minimum Gasteiger partial charge on any atom is -0.353 e. The lowest BCUT2D eigenvalue weighted by Crippen LogP contribution is -2.25. The average Bonchev–Trinajstić information content (AvgIpc) is 3.36. The zero-order valence-corrected chi connectivity index (χ0v) is 31.6. The number of benzene rings is 3. The lowest BCUT2D eigenvalue weighted by atomic mass is 10.2. The third kappa shape index (κ3) is 9.73. The number of rotatable bonds is 14. The number of hydrogen-bond donors (Lipinski definition) is 6. The Morgan fingerprint density at radius 3 is 2.09 bits per heavy atom. The van der Waals surface area contributed by atoms with Gasteiger partial charge in [-0.1, -0.05) is 30.1 Å². The van der Waals surface area contributed by atoms with Crippen LogP contribution in [-0.4, -0.2) is 82.3 Å². The zero-order chi connectivity index (χ0) is 38.7. The third-order valence-corrected chi connectivity index (χ3v) is 10.1. The summed E-state index contributed by atoms with van der Waals surface area (Å²) in [6.07, 6.45) is 0. The molecule has 0 aliphatic carbocycles. The summed E-state index contributed by atoms with van der Waals surface area (Å²) >= 11 is 12.6. The highest BCUT2D eigenvalue weighted by Crippen LogP contribution is 2.32. The summed E-state index contributed by atoms with van der Waals surface area (Å²) < 4.78 is 67.9. The van der Waals surface area contributed by atoms with Crippen molar-refractivity contribution >= 4 is 84.0 Å². The van der Waals surface area contributed by atoms with E-state index >= 15 is 0 Å². The number of hydrogen-bond acceptors (Lipinski definition) is 14. The van der Waals surface area contributed by atoms with Crippen LogP contribution in [-0.2, 0) is 20.2 Å². The van der Waals surface area contributed by atoms with Crippen LogP contribution in [0.3, 0.4) is 0 Å². The van der Waals surface area contributed by atoms with Crippen molar-refractivity contribution in [1.29, 1.82) is 0 Å². The molecule has 0 unspecified atom stereocenters. The van der Waals surface area contributed by atoms with Gasteiger partial charge in [0.25, 0.3) is 25.8 Å². The normalized spacial score (nSPS) is 12.1. The van der Waals surface area contributed by atoms with Gasteiger partial charge in [0.15, 0.2) is 5.69 Å². The summed E-state index contributed by atoms with van der Waals surface area (Å²) in [6.45, 7) is 7.26. The molecular formula is C31H33Cl2N11O7S2. The van der Waals surface area contributed by atoms with Crippen LogP contribution in [0, 0.1) is 13.8 Å². The maximum absolute atomic E-state index is 13.4. The Balaban J connectivity index is 1.49. The van der Waals surface area contributed by atoms with Crippen LogP contribution in [0.1, 0.15) is 18.2 Å². The average molecular weight is 807 g/mol. The van der Waals surface area contributed by atoms with E-state index in [0.717, 1.165) is 17.3 Å². The van der Waals surface area contributed by atoms with Gasteiger partial charge in [0.05, 0.1) is 21.3 Å². The molecule has 280 valence electrons. The highest BCUT2D eigenvalue weighted by Gasteiger charge is 2.20. The standard InChI is InChI=1S/C31H33Cl2N11O7S2/c1-5-43(4)13-12-34-29-37-30(35-19-6-9-21(10-7-19)52(46,47)48)39-31(38-29)36-20-8-11-26(53(49,50)51)24(15-20)40-41-27-18(3)42-44(28(27)45)25-16-22(32)17(2)14-23(25)33/h6-11,14-16,42H,5,12-13H2,1-4H3,(H,46,47,48)(H,49,50,51)(H3,34,35,36,37,38,39). The van der Waals surface area contributed by atoms with Crippen molar-refractivity contribution in [2.45, 2.75) is 30.6 Å². The van der Waals surface area contributed by atoms with Gasteiger partial charge in [0.1, 0.15) is 10.6 Å². The van der Waals surface area contributed by atoms with Gasteiger partial charge in [0.2, 0.25) is 17.8 Å². The molecule has 18 nitrogen and oxygen atoms in total. The number of anilines is 5. The SMILES string of the molecule is CCN(C)CCNc1nc(Nc2ccc(S(=O)(=O)O)cc2)nc(Nc2ccc(S(=O)(=O)O)c(N=Nc3c(C)[nH]n(-c4cc(Cl)c(C)cc4Cl)c3=O)c2)n1. The van der Waals surface area contributed by atoms with Gasteiger partial charge < -0.3 is 20.9 Å². The van der Waals surface area contributed by atoms with Crippen molar-refractivity contribution in [3.05, 3.63) is 86.3 Å². The Morgan fingerprint density at radius 1 is 0.849 bits per heavy atom. The van der Waals surface area contributed by atoms with Crippen LogP contribution < -0.4 is 21.5 Å². The summed E-state index contributed by atoms with van der Waals surface area (Å²) in [7, 11) is -7.26. The van der Waals surface area contributed by atoms with E-state index in [2.05, 4.69) is 51.1 Å². The number of nitrogens with one attached hydrogen (secondary N) is 4. The van der Waals surface area contributed by atoms with Gasteiger partial charge in [-0.25, -0.2) is 4.68 Å². The summed E-state index contributed by atoms with van der Waals surface area (Å²) in [4.78, 5) is 27.7. The predicted octanol–water partition coefficient (Wildman–Crippen LogP) is 6.03. The van der Waals surface area contributed by atoms with Crippen LogP contribution >= 0.6 is 23.2 Å². The van der Waals surface area contributed by atoms with Gasteiger partial charge in [0, 0.05) is 29.5 Å². The molecule has 3 aromatic carbocycles. The van der Waals surface area contributed by atoms with Crippen molar-refractivity contribution < 1.29 is 25.9 Å². The lowest BCUT2D eigenvalue weighted by Gasteiger charge is -2.15. The maximum atomic E-state index is 13.4. The molecule has 0 amide bonds. The van der Waals surface area contributed by atoms with Crippen LogP contribution in [0.4, 0.5) is 40.6 Å². The fraction of sp³-hybridized carbons (Fsp3) is 0.226. The van der Waals surface area contributed by atoms with Crippen molar-refractivity contribution in [2.75, 3.05) is 42.6 Å². The van der Waals surface area contributed by atoms with Crippen LogP contribution in [0.15, 0.2) is 79.4 Å². The van der Waals surface area contributed by atoms with Gasteiger partial charge >= 0.3 is 0 Å². The van der Waals surface area contributed by atoms with E-state index in [0.29, 0.717) is 29.4 Å². The molecule has 0 aliphatic rings. The minimum absolute atomic E-state index is 0.0103. The first kappa shape index (κ1) is 39.3. The van der Waals surface area contributed by atoms with Crippen molar-refractivity contribution in [3.8, 4) is 5.69 Å². The number of aromatic nitrogens is 5. The van der Waals surface area contributed by atoms with Crippen LogP contribution in [0.5, 0.6) is 0 Å². The number of aromatic amines is 1. The Hall–Kier alpha value is -4.96. The number of halogens is 2. The summed E-state index contributed by atoms with van der Waals surface area (Å²) in [5, 5.41) is 20.5. The second-order valence-electron chi connectivity index (χ2n) is 11.5. The zero-order valence-electron chi connectivity index (χ0n) is 28.5. The lowest BCUT2D eigenvalue weighted by molar-refractivity contribution is 0.367. The summed E-state index contributed by atoms with van der Waals surface area (Å²) in [6, 6.07) is 12.0. The first-order chi connectivity index (χ1) is 24.9. The quantitative estimate of drug-likeness (QED) is 0.0554. The van der Waals surface area contributed by atoms with Gasteiger partial charge in [-0.3, -0.25) is 19.0 Å². The number of azo groups is 1. The van der Waals surface area contributed by atoms with E-state index < -0.39 is 30.7 Å². The Bertz CT molecular complexity index is 2480. The monoisotopic (exact) mass is 805 g/mol. The van der Waals surface area contributed by atoms with Gasteiger partial charge in [-0.2, -0.15) is 31.8 Å². The molecular weight excluding hydrogens is 773 g/mol. The van der Waals surface area contributed by atoms with Crippen LogP contribution in [0.2, 0.25) is 10.0 Å². The summed E-state index contributed by atoms with van der Waals surface area (Å²) in [5.74, 6) is 0.189. The molecule has 0 saturated carbocycles. The van der Waals surface area contributed by atoms with Crippen LogP contribution in [0.25, 0.3) is 5.69 Å². The molecule has 0 radical (unpaired) electrons. The van der Waals surface area contributed by atoms with Gasteiger partial charge in [-0.15, -0.1) is 10.2 Å². The second kappa shape index (κ2) is 16.0. The van der Waals surface area contributed by atoms with Crippen molar-refractivity contribution in [2.24, 2.45) is 10.2 Å². The molecule has 0 atom stereocenters. The maximum Gasteiger partial charge on any atom is 0.299 e. The third-order valence-electron chi connectivity index (χ3n) is 7.62. The van der Waals surface area contributed by atoms with Gasteiger partial charge in [-0.05, 0) is 87.6 Å². The van der Waals surface area contributed by atoms with E-state index in [9.17, 15) is 30.7 Å². The Kier molecular flexibility index (Phi) is 11.8. The van der Waals surface area contributed by atoms with E-state index in [1.54, 1.807) is 19.9 Å². The molecule has 5 aromatic rings. The van der Waals surface area contributed by atoms with E-state index in [1.165, 1.54) is 42.5 Å². The highest BCUT2D eigenvalue weighted by molar-refractivity contribution is 7.86. The highest BCUT2D eigenvalue weighted by atomic mass is 35.5. The topological polar surface area (TPSA) is 249 Å². The molecule has 2 heterocycles. The van der Waals surface area contributed by atoms with E-state index in [1.807, 2.05) is 14.0 Å². The smallest absolute Gasteiger partial charge is 0.299 e. The van der Waals surface area contributed by atoms with E-state index in [4.69, 9.17) is 23.2 Å². The summed E-state index contributed by atoms with van der Waals surface area (Å²) in [5.41, 5.74) is 0.686. The number of aryl methyl sites for hydroxylation is 2. The van der Waals surface area contributed by atoms with Crippen molar-refractivity contribution in [1.82, 2.24) is 29.6 Å². The molecule has 0 saturated heterocycles. The molecule has 0 fully saturated rings. The fourth-order valence-corrected chi connectivity index (χ4v) is 6.22. The predicted molar refractivity (Wildman–Crippen MR) is 201 cm³/mol. The Labute approximate surface area is 313 Å². The first-order valence-electron chi connectivity index (χ1n) is 15.5. The number of H-pyrrole nitrogens is 1. The molecule has 53 heavy (non-hydrogen) atoms. The molecule has 0 bridgehead atoms. The molecule has 6 N–H and O–H groups in total. The first-order valence-corrected chi connectivity index (χ1v) is 19.2. The van der Waals surface area contributed by atoms with E-state index in [-0.39, 0.29) is 56.2 Å². The molecule has 22 heteroatoms. The molecule has 0 spiro atoms. The largest absolute Gasteiger partial charge is 0.353 e. The fourth-order valence-electron chi connectivity index (χ4n) is 4.68. The second-order valence-corrected chi connectivity index (χ2v) is 15.1. The number of likely N-dealkylation sites (N-methyl/N-ethyl adjacent to an activating group) is 1. The Morgan fingerprint density at radius 2 is 1.47 bits per heavy atom. The minimum atomic E-state index is -4.80. The molecule has 0 aliphatic heterocycles.